The van der Waals surface area contributed by atoms with Gasteiger partial charge in [-0.3, -0.25) is 0 Å². The van der Waals surface area contributed by atoms with Crippen molar-refractivity contribution < 1.29 is 14.2 Å². The van der Waals surface area contributed by atoms with Crippen LogP contribution in [0, 0.1) is 0 Å². The fourth-order valence-corrected chi connectivity index (χ4v) is 2.70. The Kier molecular flexibility index (Phi) is 4.94. The number of fused-ring (bicyclic) bond motifs is 1. The second-order valence-electron chi connectivity index (χ2n) is 5.48. The van der Waals surface area contributed by atoms with Crippen LogP contribution in [0.1, 0.15) is 24.1 Å². The van der Waals surface area contributed by atoms with E-state index in [2.05, 4.69) is 12.2 Å². The third kappa shape index (κ3) is 3.71. The zero-order chi connectivity index (χ0) is 16.2. The molecule has 1 aliphatic rings. The van der Waals surface area contributed by atoms with E-state index >= 15 is 0 Å². The van der Waals surface area contributed by atoms with E-state index < -0.39 is 0 Å². The second-order valence-corrected chi connectivity index (χ2v) is 5.91. The molecule has 1 heterocycles. The number of hydrogen-bond acceptors (Lipinski definition) is 4. The van der Waals surface area contributed by atoms with Crippen molar-refractivity contribution in [2.24, 2.45) is 0 Å². The molecule has 0 saturated carbocycles. The van der Waals surface area contributed by atoms with E-state index in [1.165, 1.54) is 5.56 Å². The first-order chi connectivity index (χ1) is 11.2. The molecule has 0 aliphatic carbocycles. The summed E-state index contributed by atoms with van der Waals surface area (Å²) >= 11 is 5.93. The quantitative estimate of drug-likeness (QED) is 0.898. The van der Waals surface area contributed by atoms with Crippen LogP contribution in [0.5, 0.6) is 17.2 Å². The van der Waals surface area contributed by atoms with Gasteiger partial charge in [0.15, 0.2) is 11.5 Å². The lowest BCUT2D eigenvalue weighted by atomic mass is 10.1. The molecule has 5 heteroatoms. The smallest absolute Gasteiger partial charge is 0.203 e. The highest BCUT2D eigenvalue weighted by Gasteiger charge is 2.18. The third-order valence-electron chi connectivity index (χ3n) is 3.87. The molecule has 0 bridgehead atoms. The highest BCUT2D eigenvalue weighted by atomic mass is 35.5. The maximum Gasteiger partial charge on any atom is 0.203 e. The van der Waals surface area contributed by atoms with Crippen LogP contribution in [-0.4, -0.2) is 20.3 Å². The van der Waals surface area contributed by atoms with Gasteiger partial charge in [0.25, 0.3) is 0 Å². The molecular weight excluding hydrogens is 314 g/mol. The van der Waals surface area contributed by atoms with Crippen molar-refractivity contribution in [1.82, 2.24) is 5.32 Å². The summed E-state index contributed by atoms with van der Waals surface area (Å²) in [6.45, 7) is 3.94. The van der Waals surface area contributed by atoms with Crippen molar-refractivity contribution in [2.75, 3.05) is 20.3 Å². The first-order valence-corrected chi connectivity index (χ1v) is 8.00. The van der Waals surface area contributed by atoms with Gasteiger partial charge in [-0.2, -0.15) is 0 Å². The molecule has 0 saturated heterocycles. The first kappa shape index (κ1) is 16.0. The first-order valence-electron chi connectivity index (χ1n) is 7.62. The summed E-state index contributed by atoms with van der Waals surface area (Å²) in [6.07, 6.45) is 0. The Morgan fingerprint density at radius 2 is 1.91 bits per heavy atom. The van der Waals surface area contributed by atoms with Crippen LogP contribution in [0.25, 0.3) is 0 Å². The minimum Gasteiger partial charge on any atom is -0.493 e. The summed E-state index contributed by atoms with van der Waals surface area (Å²) in [4.78, 5) is 0. The van der Waals surface area contributed by atoms with E-state index in [0.717, 1.165) is 16.3 Å². The van der Waals surface area contributed by atoms with Crippen molar-refractivity contribution in [3.63, 3.8) is 0 Å². The summed E-state index contributed by atoms with van der Waals surface area (Å²) in [5.74, 6) is 2.14. The molecule has 0 spiro atoms. The molecule has 3 rings (SSSR count). The average molecular weight is 334 g/mol. The summed E-state index contributed by atoms with van der Waals surface area (Å²) in [6, 6.07) is 12.1. The van der Waals surface area contributed by atoms with Gasteiger partial charge >= 0.3 is 0 Å². The largest absolute Gasteiger partial charge is 0.493 e. The SMILES string of the molecule is COc1cc(CNC(C)c2ccc(Cl)cc2)cc2c1OCCO2. The van der Waals surface area contributed by atoms with Gasteiger partial charge in [0.05, 0.1) is 7.11 Å². The van der Waals surface area contributed by atoms with Crippen LogP contribution in [0.2, 0.25) is 5.02 Å². The number of ether oxygens (including phenoxy) is 3. The van der Waals surface area contributed by atoms with E-state index in [1.807, 2.05) is 36.4 Å². The number of rotatable bonds is 5. The van der Waals surface area contributed by atoms with E-state index in [1.54, 1.807) is 7.11 Å². The van der Waals surface area contributed by atoms with Gasteiger partial charge < -0.3 is 19.5 Å². The van der Waals surface area contributed by atoms with Crippen LogP contribution < -0.4 is 19.5 Å². The van der Waals surface area contributed by atoms with Crippen LogP contribution >= 0.6 is 11.6 Å². The zero-order valence-corrected chi connectivity index (χ0v) is 14.0. The van der Waals surface area contributed by atoms with Crippen LogP contribution in [0.15, 0.2) is 36.4 Å². The van der Waals surface area contributed by atoms with Gasteiger partial charge in [-0.15, -0.1) is 0 Å². The molecule has 1 aliphatic heterocycles. The van der Waals surface area contributed by atoms with Gasteiger partial charge in [0, 0.05) is 17.6 Å². The van der Waals surface area contributed by atoms with Gasteiger partial charge in [-0.1, -0.05) is 23.7 Å². The summed E-state index contributed by atoms with van der Waals surface area (Å²) in [7, 11) is 1.64. The molecule has 0 amide bonds. The van der Waals surface area contributed by atoms with E-state index in [9.17, 15) is 0 Å². The predicted molar refractivity (Wildman–Crippen MR) is 90.7 cm³/mol. The minimum atomic E-state index is 0.214. The highest BCUT2D eigenvalue weighted by Crippen LogP contribution is 2.40. The van der Waals surface area contributed by atoms with Crippen LogP contribution in [0.3, 0.4) is 0 Å². The molecule has 122 valence electrons. The van der Waals surface area contributed by atoms with Gasteiger partial charge in [0.1, 0.15) is 13.2 Å². The van der Waals surface area contributed by atoms with Crippen molar-refractivity contribution in [1.29, 1.82) is 0 Å². The zero-order valence-electron chi connectivity index (χ0n) is 13.3. The van der Waals surface area contributed by atoms with Gasteiger partial charge in [-0.25, -0.2) is 0 Å². The normalized spacial score (nSPS) is 14.4. The molecule has 0 fully saturated rings. The Morgan fingerprint density at radius 1 is 1.17 bits per heavy atom. The highest BCUT2D eigenvalue weighted by molar-refractivity contribution is 6.30. The van der Waals surface area contributed by atoms with Crippen molar-refractivity contribution in [2.45, 2.75) is 19.5 Å². The second kappa shape index (κ2) is 7.11. The van der Waals surface area contributed by atoms with E-state index in [-0.39, 0.29) is 6.04 Å². The lowest BCUT2D eigenvalue weighted by molar-refractivity contribution is 0.165. The number of benzene rings is 2. The fourth-order valence-electron chi connectivity index (χ4n) is 2.57. The molecule has 23 heavy (non-hydrogen) atoms. The molecule has 2 aromatic carbocycles. The monoisotopic (exact) mass is 333 g/mol. The van der Waals surface area contributed by atoms with E-state index in [0.29, 0.717) is 31.3 Å². The maximum atomic E-state index is 5.93. The molecule has 1 unspecified atom stereocenters. The maximum absolute atomic E-state index is 5.93. The Balaban J connectivity index is 1.71. The standard InChI is InChI=1S/C18H20ClNO3/c1-12(14-3-5-15(19)6-4-14)20-11-13-9-16(21-2)18-17(10-13)22-7-8-23-18/h3-6,9-10,12,20H,7-8,11H2,1-2H3. The van der Waals surface area contributed by atoms with Crippen LogP contribution in [0.4, 0.5) is 0 Å². The summed E-state index contributed by atoms with van der Waals surface area (Å²) in [5, 5.41) is 4.25. The lowest BCUT2D eigenvalue weighted by Crippen LogP contribution is -2.19. The summed E-state index contributed by atoms with van der Waals surface area (Å²) in [5.41, 5.74) is 2.28. The Hall–Kier alpha value is -1.91. The molecule has 1 atom stereocenters. The molecule has 1 N–H and O–H groups in total. The number of methoxy groups -OCH3 is 1. The number of hydrogen-bond donors (Lipinski definition) is 1. The molecular formula is C18H20ClNO3. The molecule has 2 aromatic rings. The van der Waals surface area contributed by atoms with Crippen molar-refractivity contribution >= 4 is 11.6 Å². The summed E-state index contributed by atoms with van der Waals surface area (Å²) < 4.78 is 16.7. The molecule has 4 nitrogen and oxygen atoms in total. The number of nitrogens with one attached hydrogen (secondary N) is 1. The van der Waals surface area contributed by atoms with Gasteiger partial charge in [-0.05, 0) is 42.3 Å². The Bertz CT molecular complexity index is 655. The predicted octanol–water partition coefficient (Wildman–Crippen LogP) is 3.97. The van der Waals surface area contributed by atoms with Gasteiger partial charge in [0.2, 0.25) is 5.75 Å². The third-order valence-corrected chi connectivity index (χ3v) is 4.12. The minimum absolute atomic E-state index is 0.214. The van der Waals surface area contributed by atoms with E-state index in [4.69, 9.17) is 25.8 Å². The lowest BCUT2D eigenvalue weighted by Gasteiger charge is -2.22. The van der Waals surface area contributed by atoms with Crippen molar-refractivity contribution in [3.05, 3.63) is 52.5 Å². The molecule has 0 radical (unpaired) electrons. The number of halogens is 1. The molecule has 0 aromatic heterocycles. The Morgan fingerprint density at radius 3 is 2.65 bits per heavy atom. The average Bonchev–Trinajstić information content (AvgIpc) is 2.59. The Labute approximate surface area is 141 Å². The fraction of sp³-hybridized carbons (Fsp3) is 0.333. The topological polar surface area (TPSA) is 39.7 Å². The van der Waals surface area contributed by atoms with Crippen molar-refractivity contribution in [3.8, 4) is 17.2 Å². The van der Waals surface area contributed by atoms with Crippen LogP contribution in [-0.2, 0) is 6.54 Å².